The fourth-order valence-corrected chi connectivity index (χ4v) is 3.03. The number of furan rings is 1. The number of hydrogen-bond acceptors (Lipinski definition) is 6. The third kappa shape index (κ3) is 3.57. The largest absolute Gasteiger partial charge is 0.467 e. The van der Waals surface area contributed by atoms with E-state index in [0.29, 0.717) is 10.9 Å². The Balaban J connectivity index is 1.94. The van der Waals surface area contributed by atoms with Gasteiger partial charge in [-0.2, -0.15) is 0 Å². The molecule has 0 unspecified atom stereocenters. The average molecular weight is 342 g/mol. The van der Waals surface area contributed by atoms with Crippen molar-refractivity contribution >= 4 is 34.5 Å². The monoisotopic (exact) mass is 342 g/mol. The number of hydrogen-bond donors (Lipinski definition) is 0. The molecule has 1 aliphatic heterocycles. The predicted octanol–water partition coefficient (Wildman–Crippen LogP) is 3.10. The van der Waals surface area contributed by atoms with Crippen molar-refractivity contribution in [2.75, 3.05) is 7.11 Å². The molecule has 0 bridgehead atoms. The van der Waals surface area contributed by atoms with Gasteiger partial charge in [-0.05, 0) is 36.0 Å². The number of ether oxygens (including phenoxy) is 1. The van der Waals surface area contributed by atoms with E-state index in [2.05, 4.69) is 9.73 Å². The SMILES string of the molecule is COC(=O)C=C1SC(=Nc2ccccc2)N(Cc2ccco2)C1=O. The summed E-state index contributed by atoms with van der Waals surface area (Å²) in [6.07, 6.45) is 2.72. The Bertz CT molecular complexity index is 797. The van der Waals surface area contributed by atoms with Crippen LogP contribution in [0.3, 0.4) is 0 Å². The molecular weight excluding hydrogens is 328 g/mol. The summed E-state index contributed by atoms with van der Waals surface area (Å²) < 4.78 is 9.91. The second kappa shape index (κ2) is 7.18. The van der Waals surface area contributed by atoms with Crippen molar-refractivity contribution in [3.8, 4) is 0 Å². The van der Waals surface area contributed by atoms with E-state index in [1.165, 1.54) is 18.1 Å². The van der Waals surface area contributed by atoms with Gasteiger partial charge in [-0.25, -0.2) is 9.79 Å². The zero-order valence-corrected chi connectivity index (χ0v) is 13.7. The highest BCUT2D eigenvalue weighted by molar-refractivity contribution is 8.18. The van der Waals surface area contributed by atoms with Crippen LogP contribution in [0, 0.1) is 0 Å². The van der Waals surface area contributed by atoms with E-state index in [1.54, 1.807) is 18.4 Å². The van der Waals surface area contributed by atoms with Crippen molar-refractivity contribution in [3.05, 3.63) is 65.5 Å². The molecule has 1 aliphatic rings. The van der Waals surface area contributed by atoms with Crippen LogP contribution < -0.4 is 0 Å². The second-order valence-corrected chi connectivity index (χ2v) is 5.84. The van der Waals surface area contributed by atoms with Crippen molar-refractivity contribution < 1.29 is 18.7 Å². The predicted molar refractivity (Wildman–Crippen MR) is 90.5 cm³/mol. The molecule has 0 spiro atoms. The molecule has 7 heteroatoms. The number of thioether (sulfide) groups is 1. The van der Waals surface area contributed by atoms with Gasteiger partial charge < -0.3 is 9.15 Å². The van der Waals surface area contributed by atoms with Crippen LogP contribution in [0.2, 0.25) is 0 Å². The Morgan fingerprint density at radius 1 is 1.29 bits per heavy atom. The Morgan fingerprint density at radius 3 is 2.75 bits per heavy atom. The van der Waals surface area contributed by atoms with Crippen LogP contribution >= 0.6 is 11.8 Å². The minimum absolute atomic E-state index is 0.239. The number of carbonyl (C=O) groups excluding carboxylic acids is 2. The zero-order valence-electron chi connectivity index (χ0n) is 12.8. The van der Waals surface area contributed by atoms with Crippen LogP contribution in [-0.4, -0.2) is 29.1 Å². The zero-order chi connectivity index (χ0) is 16.9. The van der Waals surface area contributed by atoms with Crippen LogP contribution in [0.4, 0.5) is 5.69 Å². The molecule has 122 valence electrons. The number of methoxy groups -OCH3 is 1. The lowest BCUT2D eigenvalue weighted by atomic mass is 10.3. The van der Waals surface area contributed by atoms with E-state index in [1.807, 2.05) is 30.3 Å². The van der Waals surface area contributed by atoms with Gasteiger partial charge >= 0.3 is 5.97 Å². The molecule has 0 saturated carbocycles. The summed E-state index contributed by atoms with van der Waals surface area (Å²) in [5.41, 5.74) is 0.719. The molecule has 6 nitrogen and oxygen atoms in total. The average Bonchev–Trinajstić information content (AvgIpc) is 3.20. The molecule has 1 aromatic heterocycles. The fourth-order valence-electron chi connectivity index (χ4n) is 2.07. The lowest BCUT2D eigenvalue weighted by Gasteiger charge is -2.13. The molecule has 1 saturated heterocycles. The molecular formula is C17H14N2O4S. The van der Waals surface area contributed by atoms with Crippen LogP contribution in [0.25, 0.3) is 0 Å². The van der Waals surface area contributed by atoms with Crippen LogP contribution in [0.5, 0.6) is 0 Å². The summed E-state index contributed by atoms with van der Waals surface area (Å²) in [5, 5.41) is 0.484. The Kier molecular flexibility index (Phi) is 4.81. The molecule has 24 heavy (non-hydrogen) atoms. The van der Waals surface area contributed by atoms with Gasteiger partial charge in [0.2, 0.25) is 0 Å². The van der Waals surface area contributed by atoms with Crippen LogP contribution in [0.1, 0.15) is 5.76 Å². The van der Waals surface area contributed by atoms with Gasteiger partial charge in [0.15, 0.2) is 5.17 Å². The van der Waals surface area contributed by atoms with Crippen LogP contribution in [-0.2, 0) is 20.9 Å². The number of aliphatic imine (C=N–C) groups is 1. The first-order valence-corrected chi connectivity index (χ1v) is 7.94. The fraction of sp³-hybridized carbons (Fsp3) is 0.118. The van der Waals surface area contributed by atoms with Gasteiger partial charge in [0, 0.05) is 6.08 Å². The van der Waals surface area contributed by atoms with E-state index in [9.17, 15) is 9.59 Å². The van der Waals surface area contributed by atoms with Gasteiger partial charge in [-0.15, -0.1) is 0 Å². The number of esters is 1. The number of para-hydroxylation sites is 1. The first-order chi connectivity index (χ1) is 11.7. The Hall–Kier alpha value is -2.80. The summed E-state index contributed by atoms with van der Waals surface area (Å²) in [7, 11) is 1.27. The minimum Gasteiger partial charge on any atom is -0.467 e. The topological polar surface area (TPSA) is 72.1 Å². The number of benzene rings is 1. The molecule has 3 rings (SSSR count). The second-order valence-electron chi connectivity index (χ2n) is 4.83. The minimum atomic E-state index is -0.579. The summed E-state index contributed by atoms with van der Waals surface area (Å²) >= 11 is 1.13. The van der Waals surface area contributed by atoms with Gasteiger partial charge in [-0.3, -0.25) is 9.69 Å². The standard InChI is InChI=1S/C17H14N2O4S/c1-22-15(20)10-14-16(21)19(11-13-8-5-9-23-13)17(24-14)18-12-6-3-2-4-7-12/h2-10H,11H2,1H3. The summed E-state index contributed by atoms with van der Waals surface area (Å²) in [4.78, 5) is 30.3. The highest BCUT2D eigenvalue weighted by Crippen LogP contribution is 2.33. The quantitative estimate of drug-likeness (QED) is 0.631. The first-order valence-electron chi connectivity index (χ1n) is 7.13. The molecule has 0 radical (unpaired) electrons. The Morgan fingerprint density at radius 2 is 2.08 bits per heavy atom. The molecule has 0 aliphatic carbocycles. The normalized spacial score (nSPS) is 17.7. The maximum absolute atomic E-state index is 12.6. The Labute approximate surface area is 142 Å². The van der Waals surface area contributed by atoms with E-state index in [-0.39, 0.29) is 17.4 Å². The molecule has 0 atom stereocenters. The first kappa shape index (κ1) is 16.1. The van der Waals surface area contributed by atoms with E-state index in [0.717, 1.165) is 17.4 Å². The van der Waals surface area contributed by atoms with Crippen molar-refractivity contribution in [1.82, 2.24) is 4.90 Å². The van der Waals surface area contributed by atoms with Gasteiger partial charge in [0.1, 0.15) is 5.76 Å². The lowest BCUT2D eigenvalue weighted by Crippen LogP contribution is -2.28. The summed E-state index contributed by atoms with van der Waals surface area (Å²) in [6.45, 7) is 0.239. The van der Waals surface area contributed by atoms with Crippen molar-refractivity contribution in [2.24, 2.45) is 4.99 Å². The lowest BCUT2D eigenvalue weighted by molar-refractivity contribution is -0.135. The highest BCUT2D eigenvalue weighted by atomic mass is 32.2. The molecule has 2 aromatic rings. The smallest absolute Gasteiger partial charge is 0.331 e. The molecule has 1 fully saturated rings. The van der Waals surface area contributed by atoms with E-state index >= 15 is 0 Å². The number of rotatable bonds is 4. The summed E-state index contributed by atoms with van der Waals surface area (Å²) in [5.74, 6) is -0.259. The van der Waals surface area contributed by atoms with Crippen molar-refractivity contribution in [3.63, 3.8) is 0 Å². The van der Waals surface area contributed by atoms with Crippen LogP contribution in [0.15, 0.2) is 69.1 Å². The van der Waals surface area contributed by atoms with Crippen molar-refractivity contribution in [1.29, 1.82) is 0 Å². The number of amides is 1. The molecule has 1 aromatic carbocycles. The van der Waals surface area contributed by atoms with Crippen molar-refractivity contribution in [2.45, 2.75) is 6.54 Å². The van der Waals surface area contributed by atoms with E-state index < -0.39 is 5.97 Å². The third-order valence-electron chi connectivity index (χ3n) is 3.21. The third-order valence-corrected chi connectivity index (χ3v) is 4.22. The molecule has 0 N–H and O–H groups in total. The maximum atomic E-state index is 12.6. The van der Waals surface area contributed by atoms with Gasteiger partial charge in [0.25, 0.3) is 5.91 Å². The molecule has 1 amide bonds. The van der Waals surface area contributed by atoms with E-state index in [4.69, 9.17) is 4.42 Å². The number of carbonyl (C=O) groups is 2. The number of nitrogens with zero attached hydrogens (tertiary/aromatic N) is 2. The van der Waals surface area contributed by atoms with Gasteiger partial charge in [0.05, 0.1) is 30.5 Å². The maximum Gasteiger partial charge on any atom is 0.331 e. The van der Waals surface area contributed by atoms with Gasteiger partial charge in [-0.1, -0.05) is 18.2 Å². The highest BCUT2D eigenvalue weighted by Gasteiger charge is 2.34. The molecule has 2 heterocycles. The summed E-state index contributed by atoms with van der Waals surface area (Å²) in [6, 6.07) is 12.8. The number of amidine groups is 1.